The highest BCUT2D eigenvalue weighted by molar-refractivity contribution is 7.92. The van der Waals surface area contributed by atoms with Gasteiger partial charge in [0, 0.05) is 34.6 Å². The van der Waals surface area contributed by atoms with Crippen molar-refractivity contribution in [2.75, 3.05) is 28.7 Å². The second-order valence-corrected chi connectivity index (χ2v) is 10.1. The first-order valence-electron chi connectivity index (χ1n) is 10.4. The molecule has 172 valence electrons. The Bertz CT molecular complexity index is 1490. The van der Waals surface area contributed by atoms with Gasteiger partial charge in [-0.05, 0) is 60.7 Å². The molecule has 1 saturated heterocycles. The van der Waals surface area contributed by atoms with Crippen molar-refractivity contribution >= 4 is 49.8 Å². The predicted molar refractivity (Wildman–Crippen MR) is 131 cm³/mol. The van der Waals surface area contributed by atoms with Crippen molar-refractivity contribution in [3.8, 4) is 11.3 Å². The Hall–Kier alpha value is -3.53. The number of anilines is 2. The summed E-state index contributed by atoms with van der Waals surface area (Å²) in [6.07, 6.45) is 3.42. The summed E-state index contributed by atoms with van der Waals surface area (Å²) < 4.78 is 30.9. The lowest BCUT2D eigenvalue weighted by molar-refractivity contribution is 0.102. The number of benzene rings is 2. The fraction of sp³-hybridized carbons (Fsp3) is 0.125. The number of fused-ring (bicyclic) bond motifs is 1. The highest BCUT2D eigenvalue weighted by Crippen LogP contribution is 2.31. The van der Waals surface area contributed by atoms with Crippen LogP contribution < -0.4 is 9.62 Å². The zero-order valence-corrected chi connectivity index (χ0v) is 19.4. The molecule has 1 aliphatic rings. The highest BCUT2D eigenvalue weighted by atomic mass is 35.5. The third-order valence-corrected chi connectivity index (χ3v) is 7.44. The van der Waals surface area contributed by atoms with Gasteiger partial charge in [-0.1, -0.05) is 11.6 Å². The fourth-order valence-corrected chi connectivity index (χ4v) is 5.08. The van der Waals surface area contributed by atoms with Crippen molar-refractivity contribution in [2.45, 2.75) is 0 Å². The lowest BCUT2D eigenvalue weighted by Gasteiger charge is -2.28. The molecule has 3 heterocycles. The first-order chi connectivity index (χ1) is 16.4. The maximum absolute atomic E-state index is 12.8. The first-order valence-corrected chi connectivity index (χ1v) is 12.4. The van der Waals surface area contributed by atoms with Gasteiger partial charge >= 0.3 is 0 Å². The molecule has 0 aliphatic carbocycles. The van der Waals surface area contributed by atoms with Gasteiger partial charge in [-0.15, -0.1) is 0 Å². The predicted octanol–water partition coefficient (Wildman–Crippen LogP) is 4.33. The van der Waals surface area contributed by atoms with E-state index in [1.165, 1.54) is 4.31 Å². The van der Waals surface area contributed by atoms with Crippen molar-refractivity contribution in [3.05, 3.63) is 83.6 Å². The summed E-state index contributed by atoms with van der Waals surface area (Å²) in [6, 6.07) is 17.1. The fourth-order valence-electron chi connectivity index (χ4n) is 3.63. The van der Waals surface area contributed by atoms with Crippen molar-refractivity contribution in [1.29, 1.82) is 0 Å². The van der Waals surface area contributed by atoms with Crippen molar-refractivity contribution in [3.63, 3.8) is 0 Å². The third-order valence-electron chi connectivity index (χ3n) is 5.44. The van der Waals surface area contributed by atoms with Crippen LogP contribution in [0.5, 0.6) is 0 Å². The van der Waals surface area contributed by atoms with Crippen LogP contribution in [0.1, 0.15) is 10.4 Å². The summed E-state index contributed by atoms with van der Waals surface area (Å²) in [4.78, 5) is 21.6. The Morgan fingerprint density at radius 3 is 2.68 bits per heavy atom. The molecule has 0 radical (unpaired) electrons. The molecule has 10 heteroatoms. The highest BCUT2D eigenvalue weighted by Gasteiger charge is 2.26. The van der Waals surface area contributed by atoms with E-state index in [4.69, 9.17) is 16.3 Å². The normalized spacial score (nSPS) is 15.3. The summed E-state index contributed by atoms with van der Waals surface area (Å²) >= 11 is 6.42. The lowest BCUT2D eigenvalue weighted by Crippen LogP contribution is -2.41. The van der Waals surface area contributed by atoms with Crippen LogP contribution in [0.4, 0.5) is 11.4 Å². The van der Waals surface area contributed by atoms with Gasteiger partial charge in [-0.3, -0.25) is 9.78 Å². The molecule has 5 rings (SSSR count). The molecular weight excluding hydrogens is 476 g/mol. The van der Waals surface area contributed by atoms with Gasteiger partial charge in [0.25, 0.3) is 5.91 Å². The molecule has 1 aliphatic heterocycles. The SMILES string of the molecule is O=C(Nc1ccc(Cl)c(-c2ccc3cnccc3n2)c1)c1ccc(N2COCCS2(=O)=O)cc1. The van der Waals surface area contributed by atoms with E-state index >= 15 is 0 Å². The van der Waals surface area contributed by atoms with E-state index in [9.17, 15) is 13.2 Å². The smallest absolute Gasteiger partial charge is 0.255 e. The van der Waals surface area contributed by atoms with Gasteiger partial charge in [0.15, 0.2) is 0 Å². The first kappa shape index (κ1) is 22.3. The van der Waals surface area contributed by atoms with Gasteiger partial charge in [0.2, 0.25) is 10.0 Å². The molecule has 0 spiro atoms. The van der Waals surface area contributed by atoms with Crippen LogP contribution >= 0.6 is 11.6 Å². The number of nitrogens with zero attached hydrogens (tertiary/aromatic N) is 3. The molecule has 0 unspecified atom stereocenters. The number of halogens is 1. The maximum atomic E-state index is 12.8. The zero-order valence-electron chi connectivity index (χ0n) is 17.8. The van der Waals surface area contributed by atoms with Crippen LogP contribution in [0.3, 0.4) is 0 Å². The molecule has 1 N–H and O–H groups in total. The number of amides is 1. The van der Waals surface area contributed by atoms with Gasteiger partial charge < -0.3 is 10.1 Å². The molecule has 0 atom stereocenters. The quantitative estimate of drug-likeness (QED) is 0.453. The van der Waals surface area contributed by atoms with Gasteiger partial charge in [-0.2, -0.15) is 0 Å². The van der Waals surface area contributed by atoms with E-state index in [2.05, 4.69) is 15.3 Å². The number of rotatable bonds is 4. The number of nitrogens with one attached hydrogen (secondary N) is 1. The Labute approximate surface area is 201 Å². The van der Waals surface area contributed by atoms with Gasteiger partial charge in [-0.25, -0.2) is 17.7 Å². The molecule has 2 aromatic carbocycles. The average Bonchev–Trinajstić information content (AvgIpc) is 2.85. The van der Waals surface area contributed by atoms with E-state index in [1.54, 1.807) is 54.9 Å². The number of ether oxygens (including phenoxy) is 1. The van der Waals surface area contributed by atoms with Gasteiger partial charge in [0.05, 0.1) is 34.3 Å². The molecule has 1 fully saturated rings. The molecule has 8 nitrogen and oxygen atoms in total. The number of carbonyl (C=O) groups is 1. The third kappa shape index (κ3) is 4.45. The minimum atomic E-state index is -3.42. The summed E-state index contributed by atoms with van der Waals surface area (Å²) in [5.74, 6) is -0.410. The van der Waals surface area contributed by atoms with Crippen LogP contribution in [-0.2, 0) is 14.8 Å². The Balaban J connectivity index is 1.36. The molecule has 0 saturated carbocycles. The number of aromatic nitrogens is 2. The topological polar surface area (TPSA) is 101 Å². The molecule has 1 amide bonds. The molecule has 34 heavy (non-hydrogen) atoms. The number of sulfonamides is 1. The monoisotopic (exact) mass is 494 g/mol. The lowest BCUT2D eigenvalue weighted by atomic mass is 10.1. The molecule has 2 aromatic heterocycles. The van der Waals surface area contributed by atoms with Crippen molar-refractivity contribution < 1.29 is 17.9 Å². The van der Waals surface area contributed by atoms with E-state index in [0.717, 1.165) is 10.9 Å². The average molecular weight is 495 g/mol. The number of carbonyl (C=O) groups excluding carboxylic acids is 1. The van der Waals surface area contributed by atoms with Crippen molar-refractivity contribution in [1.82, 2.24) is 9.97 Å². The number of hydrogen-bond acceptors (Lipinski definition) is 6. The summed E-state index contributed by atoms with van der Waals surface area (Å²) in [7, 11) is -3.42. The Kier molecular flexibility index (Phi) is 5.91. The van der Waals surface area contributed by atoms with E-state index in [0.29, 0.717) is 33.2 Å². The Morgan fingerprint density at radius 2 is 1.88 bits per heavy atom. The van der Waals surface area contributed by atoms with Crippen molar-refractivity contribution in [2.24, 2.45) is 0 Å². The molecule has 4 aromatic rings. The number of hydrogen-bond donors (Lipinski definition) is 1. The largest absolute Gasteiger partial charge is 0.359 e. The summed E-state index contributed by atoms with van der Waals surface area (Å²) in [6.45, 7) is 0.134. The summed E-state index contributed by atoms with van der Waals surface area (Å²) in [5, 5.41) is 4.28. The van der Waals surface area contributed by atoms with Crippen LogP contribution in [-0.4, -0.2) is 43.4 Å². The van der Waals surface area contributed by atoms with Gasteiger partial charge in [0.1, 0.15) is 6.73 Å². The second-order valence-electron chi connectivity index (χ2n) is 7.66. The molecule has 0 bridgehead atoms. The second kappa shape index (κ2) is 9.02. The van der Waals surface area contributed by atoms with E-state index < -0.39 is 10.0 Å². The van der Waals surface area contributed by atoms with Crippen LogP contribution in [0.25, 0.3) is 22.2 Å². The standard InChI is InChI=1S/C24H19ClN4O4S/c25-21-7-4-18(13-20(21)23-8-3-17-14-26-10-9-22(17)28-23)27-24(30)16-1-5-19(6-2-16)29-15-33-11-12-34(29,31)32/h1-10,13-14H,11-12,15H2,(H,27,30). The summed E-state index contributed by atoms with van der Waals surface area (Å²) in [5.41, 5.74) is 3.53. The maximum Gasteiger partial charge on any atom is 0.255 e. The van der Waals surface area contributed by atoms with E-state index in [1.807, 2.05) is 18.2 Å². The molecular formula is C24H19ClN4O4S. The van der Waals surface area contributed by atoms with Crippen LogP contribution in [0.2, 0.25) is 5.02 Å². The van der Waals surface area contributed by atoms with Crippen LogP contribution in [0.15, 0.2) is 73.1 Å². The minimum absolute atomic E-state index is 0.0409. The zero-order chi connectivity index (χ0) is 23.7. The number of pyridine rings is 2. The van der Waals surface area contributed by atoms with E-state index in [-0.39, 0.29) is 25.0 Å². The Morgan fingerprint density at radius 1 is 1.06 bits per heavy atom. The van der Waals surface area contributed by atoms with Crippen LogP contribution in [0, 0.1) is 0 Å². The minimum Gasteiger partial charge on any atom is -0.359 e.